The molecule has 0 spiro atoms. The van der Waals surface area contributed by atoms with E-state index < -0.39 is 11.0 Å². The third-order valence-electron chi connectivity index (χ3n) is 3.37. The van der Waals surface area contributed by atoms with Gasteiger partial charge in [-0.2, -0.15) is 0 Å². The maximum Gasteiger partial charge on any atom is 0.407 e. The van der Waals surface area contributed by atoms with Crippen molar-refractivity contribution < 1.29 is 14.5 Å². The Kier molecular flexibility index (Phi) is 6.53. The van der Waals surface area contributed by atoms with Gasteiger partial charge in [-0.15, -0.1) is 0 Å². The molecule has 0 heterocycles. The summed E-state index contributed by atoms with van der Waals surface area (Å²) in [4.78, 5) is 21.7. The number of hydrogen-bond acceptors (Lipinski definition) is 5. The van der Waals surface area contributed by atoms with Crippen molar-refractivity contribution in [2.75, 3.05) is 12.3 Å². The average molecular weight is 341 g/mol. The second-order valence-electron chi connectivity index (χ2n) is 5.25. The summed E-state index contributed by atoms with van der Waals surface area (Å²) in [5, 5.41) is 13.3. The lowest BCUT2D eigenvalue weighted by Gasteiger charge is -2.06. The van der Waals surface area contributed by atoms with E-state index in [1.165, 1.54) is 12.1 Å². The van der Waals surface area contributed by atoms with Crippen molar-refractivity contribution in [2.45, 2.75) is 13.0 Å². The highest BCUT2D eigenvalue weighted by Gasteiger charge is 2.06. The van der Waals surface area contributed by atoms with Gasteiger partial charge in [0.2, 0.25) is 0 Å². The SMILES string of the molecule is Nc1cc([N+](=O)[O-])ccc1C=CCCNC(=O)OCc1ccccc1. The number of rotatable bonds is 7. The smallest absolute Gasteiger partial charge is 0.407 e. The van der Waals surface area contributed by atoms with Crippen LogP contribution < -0.4 is 11.1 Å². The van der Waals surface area contributed by atoms with Crippen LogP contribution in [-0.4, -0.2) is 17.6 Å². The quantitative estimate of drug-likeness (QED) is 0.347. The zero-order valence-corrected chi connectivity index (χ0v) is 13.6. The maximum absolute atomic E-state index is 11.6. The molecule has 2 rings (SSSR count). The van der Waals surface area contributed by atoms with Crippen LogP contribution in [0.1, 0.15) is 17.5 Å². The first-order chi connectivity index (χ1) is 12.1. The minimum absolute atomic E-state index is 0.0440. The number of nitrogens with two attached hydrogens (primary N) is 1. The number of ether oxygens (including phenoxy) is 1. The molecule has 7 heteroatoms. The molecule has 0 bridgehead atoms. The fourth-order valence-corrected chi connectivity index (χ4v) is 2.07. The summed E-state index contributed by atoms with van der Waals surface area (Å²) in [5.41, 5.74) is 7.68. The first-order valence-corrected chi connectivity index (χ1v) is 7.71. The van der Waals surface area contributed by atoms with Gasteiger partial charge in [-0.3, -0.25) is 10.1 Å². The minimum atomic E-state index is -0.491. The Hall–Kier alpha value is -3.35. The van der Waals surface area contributed by atoms with Gasteiger partial charge in [0.05, 0.1) is 4.92 Å². The molecule has 0 radical (unpaired) electrons. The van der Waals surface area contributed by atoms with Crippen LogP contribution in [0.15, 0.2) is 54.6 Å². The van der Waals surface area contributed by atoms with Gasteiger partial charge >= 0.3 is 6.09 Å². The summed E-state index contributed by atoms with van der Waals surface area (Å²) in [6.45, 7) is 0.638. The van der Waals surface area contributed by atoms with Crippen LogP contribution in [0.3, 0.4) is 0 Å². The summed E-state index contributed by atoms with van der Waals surface area (Å²) in [7, 11) is 0. The van der Waals surface area contributed by atoms with Crippen LogP contribution in [0.2, 0.25) is 0 Å². The number of amides is 1. The molecule has 0 fully saturated rings. The standard InChI is InChI=1S/C18H19N3O4/c19-17-12-16(21(23)24)10-9-15(17)8-4-5-11-20-18(22)25-13-14-6-2-1-3-7-14/h1-4,6-10,12H,5,11,13,19H2,(H,20,22). The van der Waals surface area contributed by atoms with E-state index in [4.69, 9.17) is 10.5 Å². The molecule has 25 heavy (non-hydrogen) atoms. The topological polar surface area (TPSA) is 107 Å². The predicted octanol–water partition coefficient (Wildman–Crippen LogP) is 3.51. The third kappa shape index (κ3) is 5.98. The molecule has 0 saturated heterocycles. The van der Waals surface area contributed by atoms with Crippen molar-refractivity contribution in [3.8, 4) is 0 Å². The Morgan fingerprint density at radius 2 is 2.00 bits per heavy atom. The van der Waals surface area contributed by atoms with E-state index in [0.29, 0.717) is 24.2 Å². The number of nitrogen functional groups attached to an aromatic ring is 1. The lowest BCUT2D eigenvalue weighted by molar-refractivity contribution is -0.384. The summed E-state index contributed by atoms with van der Waals surface area (Å²) in [6, 6.07) is 13.7. The molecule has 0 aromatic heterocycles. The van der Waals surface area contributed by atoms with Crippen molar-refractivity contribution in [1.82, 2.24) is 5.32 Å². The number of carbonyl (C=O) groups excluding carboxylic acids is 1. The number of nitro groups is 1. The van der Waals surface area contributed by atoms with Gasteiger partial charge < -0.3 is 15.8 Å². The van der Waals surface area contributed by atoms with E-state index in [2.05, 4.69) is 5.32 Å². The molecule has 0 atom stereocenters. The molecular formula is C18H19N3O4. The summed E-state index contributed by atoms with van der Waals surface area (Å²) < 4.78 is 5.09. The molecule has 0 saturated carbocycles. The summed E-state index contributed by atoms with van der Waals surface area (Å²) >= 11 is 0. The zero-order valence-electron chi connectivity index (χ0n) is 13.6. The van der Waals surface area contributed by atoms with Crippen molar-refractivity contribution in [3.05, 3.63) is 75.8 Å². The number of nitrogens with one attached hydrogen (secondary N) is 1. The molecule has 130 valence electrons. The van der Waals surface area contributed by atoms with E-state index in [0.717, 1.165) is 5.56 Å². The highest BCUT2D eigenvalue weighted by atomic mass is 16.6. The van der Waals surface area contributed by atoms with E-state index in [1.54, 1.807) is 12.1 Å². The number of anilines is 1. The summed E-state index contributed by atoms with van der Waals surface area (Å²) in [6.07, 6.45) is 3.69. The highest BCUT2D eigenvalue weighted by Crippen LogP contribution is 2.20. The minimum Gasteiger partial charge on any atom is -0.445 e. The molecular weight excluding hydrogens is 322 g/mol. The fraction of sp³-hybridized carbons (Fsp3) is 0.167. The lowest BCUT2D eigenvalue weighted by atomic mass is 10.1. The van der Waals surface area contributed by atoms with E-state index in [1.807, 2.05) is 36.4 Å². The van der Waals surface area contributed by atoms with Crippen LogP contribution in [-0.2, 0) is 11.3 Å². The van der Waals surface area contributed by atoms with E-state index in [-0.39, 0.29) is 12.3 Å². The fourth-order valence-electron chi connectivity index (χ4n) is 2.07. The average Bonchev–Trinajstić information content (AvgIpc) is 2.61. The Balaban J connectivity index is 1.71. The molecule has 2 aromatic rings. The molecule has 1 amide bonds. The molecule has 2 aromatic carbocycles. The van der Waals surface area contributed by atoms with Crippen molar-refractivity contribution >= 4 is 23.5 Å². The Bertz CT molecular complexity index is 760. The highest BCUT2D eigenvalue weighted by molar-refractivity contribution is 5.68. The van der Waals surface area contributed by atoms with Gasteiger partial charge in [-0.05, 0) is 23.6 Å². The zero-order chi connectivity index (χ0) is 18.1. The number of benzene rings is 2. The van der Waals surface area contributed by atoms with Crippen molar-refractivity contribution in [1.29, 1.82) is 0 Å². The molecule has 0 aliphatic rings. The van der Waals surface area contributed by atoms with Gasteiger partial charge in [0.1, 0.15) is 6.61 Å². The monoisotopic (exact) mass is 341 g/mol. The molecule has 7 nitrogen and oxygen atoms in total. The Morgan fingerprint density at radius 1 is 1.24 bits per heavy atom. The molecule has 0 aliphatic carbocycles. The Morgan fingerprint density at radius 3 is 2.68 bits per heavy atom. The number of carbonyl (C=O) groups is 1. The van der Waals surface area contributed by atoms with Crippen molar-refractivity contribution in [2.24, 2.45) is 0 Å². The van der Waals surface area contributed by atoms with Crippen LogP contribution >= 0.6 is 0 Å². The van der Waals surface area contributed by atoms with Gasteiger partial charge in [0, 0.05) is 24.4 Å². The second kappa shape index (κ2) is 9.07. The second-order valence-corrected chi connectivity index (χ2v) is 5.25. The number of hydrogen-bond donors (Lipinski definition) is 2. The molecule has 0 aliphatic heterocycles. The number of alkyl carbamates (subject to hydrolysis) is 1. The van der Waals surface area contributed by atoms with Crippen LogP contribution in [0, 0.1) is 10.1 Å². The van der Waals surface area contributed by atoms with Crippen LogP contribution in [0.5, 0.6) is 0 Å². The van der Waals surface area contributed by atoms with Gasteiger partial charge in [0.25, 0.3) is 5.69 Å². The van der Waals surface area contributed by atoms with Crippen molar-refractivity contribution in [3.63, 3.8) is 0 Å². The van der Waals surface area contributed by atoms with Crippen LogP contribution in [0.25, 0.3) is 6.08 Å². The normalized spacial score (nSPS) is 10.6. The van der Waals surface area contributed by atoms with E-state index in [9.17, 15) is 14.9 Å². The molecule has 3 N–H and O–H groups in total. The number of nitrogens with zero attached hydrogens (tertiary/aromatic N) is 1. The number of nitro benzene ring substituents is 1. The number of non-ortho nitro benzene ring substituents is 1. The molecule has 0 unspecified atom stereocenters. The predicted molar refractivity (Wildman–Crippen MR) is 95.8 cm³/mol. The van der Waals surface area contributed by atoms with Gasteiger partial charge in [-0.1, -0.05) is 42.5 Å². The van der Waals surface area contributed by atoms with E-state index >= 15 is 0 Å². The largest absolute Gasteiger partial charge is 0.445 e. The first-order valence-electron chi connectivity index (χ1n) is 7.71. The lowest BCUT2D eigenvalue weighted by Crippen LogP contribution is -2.24. The summed E-state index contributed by atoms with van der Waals surface area (Å²) in [5.74, 6) is 0. The van der Waals surface area contributed by atoms with Gasteiger partial charge in [-0.25, -0.2) is 4.79 Å². The van der Waals surface area contributed by atoms with Gasteiger partial charge in [0.15, 0.2) is 0 Å². The maximum atomic E-state index is 11.6. The Labute approximate surface area is 145 Å². The van der Waals surface area contributed by atoms with Crippen LogP contribution in [0.4, 0.5) is 16.2 Å². The third-order valence-corrected chi connectivity index (χ3v) is 3.37. The first kappa shape index (κ1) is 18.0.